The Morgan fingerprint density at radius 2 is 2.12 bits per heavy atom. The highest BCUT2D eigenvalue weighted by molar-refractivity contribution is 7.99. The van der Waals surface area contributed by atoms with E-state index in [1.165, 1.54) is 23.3 Å². The molecule has 1 saturated heterocycles. The number of carbonyl (C=O) groups excluding carboxylic acids is 1. The first-order valence-electron chi connectivity index (χ1n) is 8.03. The van der Waals surface area contributed by atoms with E-state index in [-0.39, 0.29) is 5.91 Å². The molecule has 24 heavy (non-hydrogen) atoms. The molecule has 6 heteroatoms. The molecular formula is C18H22N4OS. The summed E-state index contributed by atoms with van der Waals surface area (Å²) < 4.78 is 1.71. The van der Waals surface area contributed by atoms with Crippen molar-refractivity contribution in [2.75, 3.05) is 34.8 Å². The van der Waals surface area contributed by atoms with Crippen LogP contribution in [-0.4, -0.2) is 40.3 Å². The van der Waals surface area contributed by atoms with Crippen LogP contribution in [0.2, 0.25) is 0 Å². The van der Waals surface area contributed by atoms with Crippen molar-refractivity contribution in [2.45, 2.75) is 6.92 Å². The van der Waals surface area contributed by atoms with Crippen LogP contribution in [0, 0.1) is 6.92 Å². The van der Waals surface area contributed by atoms with Crippen LogP contribution in [0.4, 0.5) is 11.4 Å². The Hall–Kier alpha value is -2.21. The summed E-state index contributed by atoms with van der Waals surface area (Å²) in [6, 6.07) is 6.22. The van der Waals surface area contributed by atoms with Crippen molar-refractivity contribution in [1.29, 1.82) is 0 Å². The third-order valence-electron chi connectivity index (χ3n) is 4.00. The van der Waals surface area contributed by atoms with Gasteiger partial charge in [0.25, 0.3) is 0 Å². The summed E-state index contributed by atoms with van der Waals surface area (Å²) in [6.07, 6.45) is 6.88. The third-order valence-corrected chi connectivity index (χ3v) is 4.94. The van der Waals surface area contributed by atoms with Gasteiger partial charge in [-0.3, -0.25) is 9.48 Å². The number of rotatable bonds is 4. The lowest BCUT2D eigenvalue weighted by Gasteiger charge is -2.29. The SMILES string of the molecule is Cc1cc(N2CCSCC2)ccc1NC(=O)/C=C/c1cnn(C)c1. The maximum absolute atomic E-state index is 12.1. The van der Waals surface area contributed by atoms with Crippen LogP contribution in [0.15, 0.2) is 36.7 Å². The Bertz CT molecular complexity index is 747. The molecule has 1 aliphatic heterocycles. The van der Waals surface area contributed by atoms with Gasteiger partial charge in [-0.1, -0.05) is 0 Å². The fourth-order valence-electron chi connectivity index (χ4n) is 2.68. The molecule has 1 aromatic carbocycles. The van der Waals surface area contributed by atoms with Gasteiger partial charge in [0, 0.05) is 60.9 Å². The monoisotopic (exact) mass is 342 g/mol. The molecule has 2 heterocycles. The van der Waals surface area contributed by atoms with E-state index in [0.29, 0.717) is 0 Å². The highest BCUT2D eigenvalue weighted by Gasteiger charge is 2.12. The van der Waals surface area contributed by atoms with Crippen molar-refractivity contribution >= 4 is 35.1 Å². The number of benzene rings is 1. The smallest absolute Gasteiger partial charge is 0.248 e. The molecule has 0 radical (unpaired) electrons. The Kier molecular flexibility index (Phi) is 5.25. The summed E-state index contributed by atoms with van der Waals surface area (Å²) >= 11 is 2.00. The number of amides is 1. The molecular weight excluding hydrogens is 320 g/mol. The number of aryl methyl sites for hydroxylation is 2. The highest BCUT2D eigenvalue weighted by Crippen LogP contribution is 2.25. The molecule has 1 fully saturated rings. The molecule has 0 unspecified atom stereocenters. The van der Waals surface area contributed by atoms with E-state index in [2.05, 4.69) is 27.4 Å². The van der Waals surface area contributed by atoms with Gasteiger partial charge in [-0.15, -0.1) is 0 Å². The van der Waals surface area contributed by atoms with Crippen molar-refractivity contribution in [3.8, 4) is 0 Å². The number of hydrogen-bond donors (Lipinski definition) is 1. The molecule has 1 aromatic heterocycles. The second kappa shape index (κ2) is 7.57. The Morgan fingerprint density at radius 1 is 1.33 bits per heavy atom. The predicted molar refractivity (Wildman–Crippen MR) is 102 cm³/mol. The molecule has 126 valence electrons. The van der Waals surface area contributed by atoms with Gasteiger partial charge in [-0.2, -0.15) is 16.9 Å². The number of anilines is 2. The normalized spacial score (nSPS) is 15.0. The van der Waals surface area contributed by atoms with Gasteiger partial charge in [0.05, 0.1) is 6.20 Å². The van der Waals surface area contributed by atoms with Crippen molar-refractivity contribution < 1.29 is 4.79 Å². The molecule has 0 aliphatic carbocycles. The van der Waals surface area contributed by atoms with Gasteiger partial charge in [-0.25, -0.2) is 0 Å². The molecule has 0 saturated carbocycles. The molecule has 0 bridgehead atoms. The van der Waals surface area contributed by atoms with Crippen molar-refractivity contribution in [1.82, 2.24) is 9.78 Å². The third kappa shape index (κ3) is 4.20. The molecule has 1 aliphatic rings. The van der Waals surface area contributed by atoms with E-state index < -0.39 is 0 Å². The fourth-order valence-corrected chi connectivity index (χ4v) is 3.58. The van der Waals surface area contributed by atoms with E-state index in [4.69, 9.17) is 0 Å². The maximum Gasteiger partial charge on any atom is 0.248 e. The van der Waals surface area contributed by atoms with E-state index in [0.717, 1.165) is 29.9 Å². The molecule has 1 N–H and O–H groups in total. The lowest BCUT2D eigenvalue weighted by atomic mass is 10.1. The highest BCUT2D eigenvalue weighted by atomic mass is 32.2. The Labute approximate surface area is 146 Å². The second-order valence-corrected chi connectivity index (χ2v) is 7.09. The molecule has 5 nitrogen and oxygen atoms in total. The average Bonchev–Trinajstić information content (AvgIpc) is 3.01. The average molecular weight is 342 g/mol. The topological polar surface area (TPSA) is 50.2 Å². The van der Waals surface area contributed by atoms with Gasteiger partial charge >= 0.3 is 0 Å². The standard InChI is InChI=1S/C18H22N4OS/c1-14-11-16(22-7-9-24-10-8-22)4-5-17(14)20-18(23)6-3-15-12-19-21(2)13-15/h3-6,11-13H,7-10H2,1-2H3,(H,20,23)/b6-3+. The van der Waals surface area contributed by atoms with Gasteiger partial charge in [-0.05, 0) is 36.8 Å². The van der Waals surface area contributed by atoms with Crippen molar-refractivity contribution in [2.24, 2.45) is 7.05 Å². The second-order valence-electron chi connectivity index (χ2n) is 5.87. The quantitative estimate of drug-likeness (QED) is 0.868. The molecule has 1 amide bonds. The number of nitrogens with one attached hydrogen (secondary N) is 1. The largest absolute Gasteiger partial charge is 0.370 e. The number of thioether (sulfide) groups is 1. The van der Waals surface area contributed by atoms with Crippen LogP contribution >= 0.6 is 11.8 Å². The van der Waals surface area contributed by atoms with E-state index in [1.807, 2.05) is 38.0 Å². The van der Waals surface area contributed by atoms with Crippen LogP contribution in [-0.2, 0) is 11.8 Å². The van der Waals surface area contributed by atoms with Crippen LogP contribution < -0.4 is 10.2 Å². The fraction of sp³-hybridized carbons (Fsp3) is 0.333. The number of hydrogen-bond acceptors (Lipinski definition) is 4. The van der Waals surface area contributed by atoms with Crippen LogP contribution in [0.25, 0.3) is 6.08 Å². The molecule has 3 rings (SSSR count). The summed E-state index contributed by atoms with van der Waals surface area (Å²) in [4.78, 5) is 14.5. The first-order valence-corrected chi connectivity index (χ1v) is 9.18. The van der Waals surface area contributed by atoms with Gasteiger partial charge in [0.15, 0.2) is 0 Å². The lowest BCUT2D eigenvalue weighted by Crippen LogP contribution is -2.32. The summed E-state index contributed by atoms with van der Waals surface area (Å²) in [5.74, 6) is 2.22. The summed E-state index contributed by atoms with van der Waals surface area (Å²) in [5, 5.41) is 7.02. The Morgan fingerprint density at radius 3 is 2.79 bits per heavy atom. The molecule has 0 spiro atoms. The minimum Gasteiger partial charge on any atom is -0.370 e. The molecule has 2 aromatic rings. The minimum absolute atomic E-state index is 0.135. The zero-order valence-electron chi connectivity index (χ0n) is 14.0. The van der Waals surface area contributed by atoms with Gasteiger partial charge in [0.1, 0.15) is 0 Å². The zero-order chi connectivity index (χ0) is 16.9. The van der Waals surface area contributed by atoms with Crippen LogP contribution in [0.3, 0.4) is 0 Å². The Balaban J connectivity index is 1.64. The van der Waals surface area contributed by atoms with E-state index in [1.54, 1.807) is 17.0 Å². The van der Waals surface area contributed by atoms with Crippen LogP contribution in [0.1, 0.15) is 11.1 Å². The number of aromatic nitrogens is 2. The summed E-state index contributed by atoms with van der Waals surface area (Å²) in [7, 11) is 1.85. The van der Waals surface area contributed by atoms with Crippen molar-refractivity contribution in [3.63, 3.8) is 0 Å². The predicted octanol–water partition coefficient (Wildman–Crippen LogP) is 2.93. The summed E-state index contributed by atoms with van der Waals surface area (Å²) in [6.45, 7) is 4.20. The number of carbonyl (C=O) groups is 1. The van der Waals surface area contributed by atoms with Crippen molar-refractivity contribution in [3.05, 3.63) is 47.8 Å². The number of nitrogens with zero attached hydrogens (tertiary/aromatic N) is 3. The minimum atomic E-state index is -0.135. The van der Waals surface area contributed by atoms with E-state index in [9.17, 15) is 4.79 Å². The summed E-state index contributed by atoms with van der Waals surface area (Å²) in [5.41, 5.74) is 4.07. The van der Waals surface area contributed by atoms with Gasteiger partial charge in [0.2, 0.25) is 5.91 Å². The molecule has 0 atom stereocenters. The maximum atomic E-state index is 12.1. The van der Waals surface area contributed by atoms with Gasteiger partial charge < -0.3 is 10.2 Å². The van der Waals surface area contributed by atoms with Crippen LogP contribution in [0.5, 0.6) is 0 Å². The first kappa shape index (κ1) is 16.6. The van der Waals surface area contributed by atoms with E-state index >= 15 is 0 Å². The first-order chi connectivity index (χ1) is 11.6. The lowest BCUT2D eigenvalue weighted by molar-refractivity contribution is -0.111. The zero-order valence-corrected chi connectivity index (χ0v) is 14.8.